The van der Waals surface area contributed by atoms with Gasteiger partial charge in [0.25, 0.3) is 0 Å². The van der Waals surface area contributed by atoms with E-state index in [9.17, 15) is 8.42 Å². The highest BCUT2D eigenvalue weighted by molar-refractivity contribution is 7.92. The summed E-state index contributed by atoms with van der Waals surface area (Å²) in [5, 5.41) is 0. The molecular weight excluding hydrogens is 386 g/mol. The summed E-state index contributed by atoms with van der Waals surface area (Å²) in [6.07, 6.45) is 6.69. The maximum atomic E-state index is 11.6. The van der Waals surface area contributed by atoms with E-state index in [1.165, 1.54) is 6.33 Å². The van der Waals surface area contributed by atoms with Crippen molar-refractivity contribution in [1.82, 2.24) is 19.9 Å². The number of anilines is 1. The minimum Gasteiger partial charge on any atom is -0.282 e. The Morgan fingerprint density at radius 2 is 1.86 bits per heavy atom. The van der Waals surface area contributed by atoms with E-state index in [1.807, 2.05) is 26.0 Å². The van der Waals surface area contributed by atoms with Crippen LogP contribution in [-0.2, 0) is 16.4 Å². The number of aromatic nitrogens is 4. The van der Waals surface area contributed by atoms with Gasteiger partial charge >= 0.3 is 0 Å². The molecule has 0 amide bonds. The van der Waals surface area contributed by atoms with Crippen molar-refractivity contribution < 1.29 is 8.42 Å². The fourth-order valence-electron chi connectivity index (χ4n) is 2.77. The van der Waals surface area contributed by atoms with Crippen LogP contribution in [0, 0.1) is 25.7 Å². The molecule has 148 valence electrons. The molecule has 3 aromatic rings. The third kappa shape index (κ3) is 5.15. The molecule has 0 saturated heterocycles. The highest BCUT2D eigenvalue weighted by atomic mass is 32.2. The summed E-state index contributed by atoms with van der Waals surface area (Å²) in [5.41, 5.74) is 5.69. The van der Waals surface area contributed by atoms with E-state index in [2.05, 4.69) is 36.5 Å². The van der Waals surface area contributed by atoms with Crippen LogP contribution in [-0.4, -0.2) is 34.6 Å². The van der Waals surface area contributed by atoms with Gasteiger partial charge in [-0.1, -0.05) is 18.8 Å². The predicted molar refractivity (Wildman–Crippen MR) is 113 cm³/mol. The number of aryl methyl sites for hydroxylation is 3. The van der Waals surface area contributed by atoms with Crippen molar-refractivity contribution >= 4 is 15.7 Å². The van der Waals surface area contributed by atoms with Crippen molar-refractivity contribution in [2.45, 2.75) is 27.2 Å². The van der Waals surface area contributed by atoms with E-state index in [0.29, 0.717) is 23.4 Å². The Morgan fingerprint density at radius 3 is 2.55 bits per heavy atom. The number of pyridine rings is 2. The Labute approximate surface area is 170 Å². The molecule has 3 rings (SSSR count). The van der Waals surface area contributed by atoms with Gasteiger partial charge in [-0.25, -0.2) is 18.4 Å². The monoisotopic (exact) mass is 407 g/mol. The van der Waals surface area contributed by atoms with Gasteiger partial charge in [0.2, 0.25) is 10.0 Å². The molecule has 0 atom stereocenters. The van der Waals surface area contributed by atoms with Crippen LogP contribution >= 0.6 is 0 Å². The topological polar surface area (TPSA) is 97.7 Å². The number of sulfonamides is 1. The van der Waals surface area contributed by atoms with Crippen LogP contribution in [0.1, 0.15) is 35.1 Å². The lowest BCUT2D eigenvalue weighted by Crippen LogP contribution is -2.11. The van der Waals surface area contributed by atoms with Gasteiger partial charge in [-0.2, -0.15) is 0 Å². The molecular formula is C21H21N5O2S. The van der Waals surface area contributed by atoms with E-state index in [0.717, 1.165) is 34.5 Å². The zero-order chi connectivity index (χ0) is 21.0. The summed E-state index contributed by atoms with van der Waals surface area (Å²) in [7, 11) is -3.41. The zero-order valence-electron chi connectivity index (χ0n) is 16.7. The van der Waals surface area contributed by atoms with E-state index in [4.69, 9.17) is 0 Å². The van der Waals surface area contributed by atoms with Gasteiger partial charge in [0.15, 0.2) is 0 Å². The molecule has 0 aliphatic rings. The first kappa shape index (κ1) is 20.4. The van der Waals surface area contributed by atoms with Crippen LogP contribution in [0.2, 0.25) is 0 Å². The van der Waals surface area contributed by atoms with Gasteiger partial charge in [-0.3, -0.25) is 14.7 Å². The molecule has 0 aromatic carbocycles. The van der Waals surface area contributed by atoms with Gasteiger partial charge in [-0.05, 0) is 38.5 Å². The van der Waals surface area contributed by atoms with Crippen LogP contribution in [0.3, 0.4) is 0 Å². The normalized spacial score (nSPS) is 10.9. The third-order valence-electron chi connectivity index (χ3n) is 4.14. The molecule has 0 fully saturated rings. The molecule has 3 heterocycles. The zero-order valence-corrected chi connectivity index (χ0v) is 17.5. The Hall–Kier alpha value is -3.31. The highest BCUT2D eigenvalue weighted by Gasteiger charge is 2.11. The Morgan fingerprint density at radius 1 is 1.07 bits per heavy atom. The summed E-state index contributed by atoms with van der Waals surface area (Å²) in [6, 6.07) is 5.51. The molecule has 0 bridgehead atoms. The molecule has 0 radical (unpaired) electrons. The van der Waals surface area contributed by atoms with Crippen molar-refractivity contribution in [3.63, 3.8) is 0 Å². The minimum absolute atomic E-state index is 0.407. The summed E-state index contributed by atoms with van der Waals surface area (Å²) in [5.74, 6) is 6.23. The smallest absolute Gasteiger partial charge is 0.229 e. The first-order valence-electron chi connectivity index (χ1n) is 9.00. The molecule has 7 nitrogen and oxygen atoms in total. The van der Waals surface area contributed by atoms with Crippen molar-refractivity contribution in [2.24, 2.45) is 0 Å². The van der Waals surface area contributed by atoms with Gasteiger partial charge < -0.3 is 0 Å². The Kier molecular flexibility index (Phi) is 5.89. The highest BCUT2D eigenvalue weighted by Crippen LogP contribution is 2.23. The Bertz CT molecular complexity index is 1230. The van der Waals surface area contributed by atoms with Gasteiger partial charge in [0, 0.05) is 29.2 Å². The third-order valence-corrected chi connectivity index (χ3v) is 4.74. The molecule has 0 aliphatic heterocycles. The average Bonchev–Trinajstić information content (AvgIpc) is 2.67. The lowest BCUT2D eigenvalue weighted by Gasteiger charge is -2.08. The van der Waals surface area contributed by atoms with Gasteiger partial charge in [0.05, 0.1) is 34.6 Å². The number of nitrogens with zero attached hydrogens (tertiary/aromatic N) is 4. The number of hydrogen-bond donors (Lipinski definition) is 1. The van der Waals surface area contributed by atoms with E-state index < -0.39 is 10.0 Å². The van der Waals surface area contributed by atoms with Crippen LogP contribution in [0.15, 0.2) is 36.9 Å². The molecule has 0 aliphatic carbocycles. The van der Waals surface area contributed by atoms with E-state index in [-0.39, 0.29) is 0 Å². The maximum Gasteiger partial charge on any atom is 0.229 e. The molecule has 8 heteroatoms. The lowest BCUT2D eigenvalue weighted by atomic mass is 10.0. The first-order chi connectivity index (χ1) is 13.8. The second-order valence-electron chi connectivity index (χ2n) is 6.56. The van der Waals surface area contributed by atoms with Crippen LogP contribution < -0.4 is 4.72 Å². The van der Waals surface area contributed by atoms with Crippen LogP contribution in [0.4, 0.5) is 5.69 Å². The van der Waals surface area contributed by atoms with E-state index in [1.54, 1.807) is 25.4 Å². The number of hydrogen-bond acceptors (Lipinski definition) is 6. The molecule has 3 aromatic heterocycles. The van der Waals surface area contributed by atoms with Crippen LogP contribution in [0.25, 0.3) is 11.3 Å². The second-order valence-corrected chi connectivity index (χ2v) is 8.31. The summed E-state index contributed by atoms with van der Waals surface area (Å²) in [4.78, 5) is 17.3. The van der Waals surface area contributed by atoms with Gasteiger partial charge in [-0.15, -0.1) is 0 Å². The minimum atomic E-state index is -3.41. The fourth-order valence-corrected chi connectivity index (χ4v) is 3.38. The van der Waals surface area contributed by atoms with Crippen LogP contribution in [0.5, 0.6) is 0 Å². The number of nitrogens with one attached hydrogen (secondary N) is 1. The Balaban J connectivity index is 2.08. The summed E-state index contributed by atoms with van der Waals surface area (Å²) < 4.78 is 25.6. The standard InChI is InChI=1S/C21H21N5O2S/c1-5-19-18(21(25-13-24-19)17-8-9-22-14(2)10-17)7-6-16-11-20(15(3)23-12-16)26-29(4,27)28/h8-13,26H,5H2,1-4H3. The average molecular weight is 407 g/mol. The van der Waals surface area contributed by atoms with Crippen molar-refractivity contribution in [1.29, 1.82) is 0 Å². The molecule has 0 saturated carbocycles. The number of rotatable bonds is 4. The molecule has 1 N–H and O–H groups in total. The van der Waals surface area contributed by atoms with Gasteiger partial charge in [0.1, 0.15) is 6.33 Å². The molecule has 0 spiro atoms. The quantitative estimate of drug-likeness (QED) is 0.668. The summed E-state index contributed by atoms with van der Waals surface area (Å²) in [6.45, 7) is 5.66. The summed E-state index contributed by atoms with van der Waals surface area (Å²) >= 11 is 0. The fraction of sp³-hybridized carbons (Fsp3) is 0.238. The molecule has 0 unspecified atom stereocenters. The lowest BCUT2D eigenvalue weighted by molar-refractivity contribution is 0.606. The largest absolute Gasteiger partial charge is 0.282 e. The first-order valence-corrected chi connectivity index (χ1v) is 10.9. The second kappa shape index (κ2) is 8.37. The van der Waals surface area contributed by atoms with Crippen molar-refractivity contribution in [3.05, 3.63) is 65.1 Å². The van der Waals surface area contributed by atoms with Crippen molar-refractivity contribution in [3.8, 4) is 23.1 Å². The maximum absolute atomic E-state index is 11.6. The van der Waals surface area contributed by atoms with Crippen molar-refractivity contribution in [2.75, 3.05) is 11.0 Å². The predicted octanol–water partition coefficient (Wildman–Crippen LogP) is 2.88. The van der Waals surface area contributed by atoms with E-state index >= 15 is 0 Å². The molecule has 29 heavy (non-hydrogen) atoms. The SMILES string of the molecule is CCc1ncnc(-c2ccnc(C)c2)c1C#Cc1cnc(C)c(NS(C)(=O)=O)c1.